The zero-order valence-electron chi connectivity index (χ0n) is 15.9. The van der Waals surface area contributed by atoms with Gasteiger partial charge in [-0.25, -0.2) is 8.42 Å². The summed E-state index contributed by atoms with van der Waals surface area (Å²) in [6.07, 6.45) is 3.25. The zero-order valence-corrected chi connectivity index (χ0v) is 18.3. The molecular formula is C21H20BrN3O3S. The number of benzene rings is 2. The Hall–Kier alpha value is -2.47. The topological polar surface area (TPSA) is 81.5 Å². The zero-order chi connectivity index (χ0) is 21.0. The summed E-state index contributed by atoms with van der Waals surface area (Å²) in [5.74, 6) is -0.160. The van der Waals surface area contributed by atoms with E-state index in [0.29, 0.717) is 13.1 Å². The third-order valence-electron chi connectivity index (χ3n) is 4.74. The summed E-state index contributed by atoms with van der Waals surface area (Å²) in [7, 11) is -3.77. The molecule has 0 unspecified atom stereocenters. The Morgan fingerprint density at radius 1 is 1.14 bits per heavy atom. The Balaban J connectivity index is 1.66. The Morgan fingerprint density at radius 2 is 1.83 bits per heavy atom. The van der Waals surface area contributed by atoms with E-state index in [1.165, 1.54) is 22.5 Å². The van der Waals surface area contributed by atoms with Crippen LogP contribution < -0.4 is 0 Å². The summed E-state index contributed by atoms with van der Waals surface area (Å²) in [5.41, 5.74) is 2.14. The van der Waals surface area contributed by atoms with Crippen LogP contribution in [0, 0.1) is 18.3 Å². The number of carbonyl (C=O) groups is 1. The van der Waals surface area contributed by atoms with Gasteiger partial charge >= 0.3 is 0 Å². The average molecular weight is 474 g/mol. The number of hydrogen-bond acceptors (Lipinski definition) is 4. The predicted octanol–water partition coefficient (Wildman–Crippen LogP) is 3.18. The summed E-state index contributed by atoms with van der Waals surface area (Å²) in [6.45, 7) is 2.97. The van der Waals surface area contributed by atoms with Gasteiger partial charge in [-0.15, -0.1) is 0 Å². The van der Waals surface area contributed by atoms with Crippen molar-refractivity contribution in [3.05, 3.63) is 69.7 Å². The summed E-state index contributed by atoms with van der Waals surface area (Å²) < 4.78 is 28.0. The van der Waals surface area contributed by atoms with Gasteiger partial charge in [0, 0.05) is 36.7 Å². The molecule has 150 valence electrons. The lowest BCUT2D eigenvalue weighted by Gasteiger charge is -2.33. The van der Waals surface area contributed by atoms with Crippen LogP contribution in [-0.2, 0) is 14.8 Å². The third-order valence-corrected chi connectivity index (χ3v) is 7.38. The fraction of sp³-hybridized carbons (Fsp3) is 0.238. The van der Waals surface area contributed by atoms with Crippen molar-refractivity contribution in [2.45, 2.75) is 11.8 Å². The van der Waals surface area contributed by atoms with Gasteiger partial charge in [0.05, 0.1) is 10.5 Å². The second kappa shape index (κ2) is 8.91. The molecule has 0 aromatic heterocycles. The molecule has 2 aromatic carbocycles. The van der Waals surface area contributed by atoms with E-state index in [2.05, 4.69) is 15.9 Å². The number of nitriles is 1. The Kier molecular flexibility index (Phi) is 6.52. The van der Waals surface area contributed by atoms with Gasteiger partial charge in [-0.05, 0) is 42.3 Å². The highest BCUT2D eigenvalue weighted by atomic mass is 79.9. The van der Waals surface area contributed by atoms with Crippen molar-refractivity contribution in [1.29, 1.82) is 5.26 Å². The molecule has 0 radical (unpaired) electrons. The van der Waals surface area contributed by atoms with E-state index >= 15 is 0 Å². The van der Waals surface area contributed by atoms with Crippen molar-refractivity contribution in [3.63, 3.8) is 0 Å². The molecule has 1 aliphatic rings. The number of rotatable bonds is 4. The molecular weight excluding hydrogens is 454 g/mol. The molecule has 0 N–H and O–H groups in total. The van der Waals surface area contributed by atoms with E-state index in [1.807, 2.05) is 31.2 Å². The first kappa shape index (κ1) is 21.2. The van der Waals surface area contributed by atoms with Crippen LogP contribution in [0.2, 0.25) is 0 Å². The number of halogens is 1. The van der Waals surface area contributed by atoms with Gasteiger partial charge in [0.1, 0.15) is 6.07 Å². The van der Waals surface area contributed by atoms with Crippen molar-refractivity contribution in [2.75, 3.05) is 26.2 Å². The smallest absolute Gasteiger partial charge is 0.246 e. The number of hydrogen-bond donors (Lipinski definition) is 0. The maximum Gasteiger partial charge on any atom is 0.246 e. The molecule has 1 heterocycles. The third kappa shape index (κ3) is 4.75. The molecule has 1 saturated heterocycles. The van der Waals surface area contributed by atoms with Crippen molar-refractivity contribution >= 4 is 37.9 Å². The largest absolute Gasteiger partial charge is 0.337 e. The monoisotopic (exact) mass is 473 g/mol. The lowest BCUT2D eigenvalue weighted by Crippen LogP contribution is -2.50. The van der Waals surface area contributed by atoms with Crippen molar-refractivity contribution in [2.24, 2.45) is 0 Å². The minimum atomic E-state index is -3.77. The molecule has 3 rings (SSSR count). The summed E-state index contributed by atoms with van der Waals surface area (Å²) >= 11 is 3.48. The molecule has 2 aromatic rings. The van der Waals surface area contributed by atoms with E-state index in [0.717, 1.165) is 15.6 Å². The molecule has 1 aliphatic heterocycles. The Bertz CT molecular complexity index is 1100. The van der Waals surface area contributed by atoms with Gasteiger partial charge in [-0.2, -0.15) is 9.57 Å². The quantitative estimate of drug-likeness (QED) is 0.638. The highest BCUT2D eigenvalue weighted by Crippen LogP contribution is 2.22. The van der Waals surface area contributed by atoms with Gasteiger partial charge in [-0.1, -0.05) is 40.2 Å². The lowest BCUT2D eigenvalue weighted by atomic mass is 10.1. The Labute approximate surface area is 179 Å². The number of carbonyl (C=O) groups excluding carboxylic acids is 1. The van der Waals surface area contributed by atoms with E-state index in [9.17, 15) is 18.5 Å². The fourth-order valence-electron chi connectivity index (χ4n) is 3.11. The minimum Gasteiger partial charge on any atom is -0.337 e. The molecule has 0 aliphatic carbocycles. The van der Waals surface area contributed by atoms with Gasteiger partial charge in [0.2, 0.25) is 15.9 Å². The van der Waals surface area contributed by atoms with Crippen LogP contribution in [-0.4, -0.2) is 49.7 Å². The summed E-state index contributed by atoms with van der Waals surface area (Å²) in [5, 5.41) is 9.19. The van der Waals surface area contributed by atoms with E-state index in [4.69, 9.17) is 0 Å². The van der Waals surface area contributed by atoms with Crippen LogP contribution in [0.1, 0.15) is 16.7 Å². The van der Waals surface area contributed by atoms with Crippen molar-refractivity contribution in [3.8, 4) is 6.07 Å². The van der Waals surface area contributed by atoms with Crippen LogP contribution in [0.25, 0.3) is 6.08 Å². The van der Waals surface area contributed by atoms with Crippen LogP contribution >= 0.6 is 15.9 Å². The van der Waals surface area contributed by atoms with Crippen molar-refractivity contribution in [1.82, 2.24) is 9.21 Å². The highest BCUT2D eigenvalue weighted by Gasteiger charge is 2.31. The van der Waals surface area contributed by atoms with Gasteiger partial charge in [0.15, 0.2) is 0 Å². The normalized spacial score (nSPS) is 15.4. The number of nitrogens with zero attached hydrogens (tertiary/aromatic N) is 3. The molecule has 1 amide bonds. The van der Waals surface area contributed by atoms with Crippen LogP contribution in [0.15, 0.2) is 57.9 Å². The fourth-order valence-corrected chi connectivity index (χ4v) is 5.30. The summed E-state index contributed by atoms with van der Waals surface area (Å²) in [4.78, 5) is 14.1. The molecule has 8 heteroatoms. The number of sulfonamides is 1. The molecule has 1 fully saturated rings. The molecule has 0 saturated carbocycles. The predicted molar refractivity (Wildman–Crippen MR) is 114 cm³/mol. The molecule has 0 bridgehead atoms. The highest BCUT2D eigenvalue weighted by molar-refractivity contribution is 9.10. The van der Waals surface area contributed by atoms with Gasteiger partial charge in [-0.3, -0.25) is 4.79 Å². The van der Waals surface area contributed by atoms with E-state index in [-0.39, 0.29) is 29.5 Å². The number of piperazine rings is 1. The SMILES string of the molecule is Cc1ccc(/C=C/C(=O)N2CCN(S(=O)(=O)c3ccccc3C#N)CC2)c(Br)c1. The lowest BCUT2D eigenvalue weighted by molar-refractivity contribution is -0.127. The Morgan fingerprint density at radius 3 is 2.48 bits per heavy atom. The van der Waals surface area contributed by atoms with Crippen LogP contribution in [0.5, 0.6) is 0 Å². The van der Waals surface area contributed by atoms with Crippen LogP contribution in [0.3, 0.4) is 0 Å². The second-order valence-electron chi connectivity index (χ2n) is 6.70. The number of aryl methyl sites for hydroxylation is 1. The first-order valence-corrected chi connectivity index (χ1v) is 11.3. The maximum absolute atomic E-state index is 12.9. The van der Waals surface area contributed by atoms with Gasteiger partial charge in [0.25, 0.3) is 0 Å². The van der Waals surface area contributed by atoms with Crippen molar-refractivity contribution < 1.29 is 13.2 Å². The number of amides is 1. The molecule has 0 atom stereocenters. The molecule has 29 heavy (non-hydrogen) atoms. The van der Waals surface area contributed by atoms with E-state index in [1.54, 1.807) is 23.1 Å². The van der Waals surface area contributed by atoms with Crippen LogP contribution in [0.4, 0.5) is 0 Å². The standard InChI is InChI=1S/C21H20BrN3O3S/c1-16-6-7-17(19(22)14-16)8-9-21(26)24-10-12-25(13-11-24)29(27,28)20-5-3-2-4-18(20)15-23/h2-9,14H,10-13H2,1H3/b9-8+. The maximum atomic E-state index is 12.9. The van der Waals surface area contributed by atoms with Gasteiger partial charge < -0.3 is 4.90 Å². The second-order valence-corrected chi connectivity index (χ2v) is 9.46. The van der Waals surface area contributed by atoms with E-state index < -0.39 is 10.0 Å². The molecule has 6 nitrogen and oxygen atoms in total. The first-order valence-electron chi connectivity index (χ1n) is 9.05. The summed E-state index contributed by atoms with van der Waals surface area (Å²) in [6, 6.07) is 14.0. The average Bonchev–Trinajstić information content (AvgIpc) is 2.73. The minimum absolute atomic E-state index is 0.00592. The first-order chi connectivity index (χ1) is 13.8. The molecule has 0 spiro atoms.